The summed E-state index contributed by atoms with van der Waals surface area (Å²) in [6.07, 6.45) is 7.63. The molecule has 0 bridgehead atoms. The van der Waals surface area contributed by atoms with Gasteiger partial charge in [0, 0.05) is 57.7 Å². The van der Waals surface area contributed by atoms with Gasteiger partial charge < -0.3 is 4.90 Å². The van der Waals surface area contributed by atoms with Crippen LogP contribution in [0.2, 0.25) is 0 Å². The molecule has 1 aromatic carbocycles. The Bertz CT molecular complexity index is 659. The number of benzene rings is 1. The Morgan fingerprint density at radius 1 is 0.778 bits per heavy atom. The van der Waals surface area contributed by atoms with E-state index in [0.29, 0.717) is 0 Å². The number of rotatable bonds is 6. The number of likely N-dealkylation sites (tertiary alicyclic amines) is 1. The van der Waals surface area contributed by atoms with Crippen molar-refractivity contribution in [2.45, 2.75) is 31.8 Å². The maximum Gasteiger partial charge on any atom is 0.0300 e. The minimum Gasteiger partial charge on any atom is -0.303 e. The van der Waals surface area contributed by atoms with Gasteiger partial charge in [0.1, 0.15) is 0 Å². The molecule has 2 aromatic rings. The van der Waals surface area contributed by atoms with Crippen LogP contribution in [0, 0.1) is 0 Å². The zero-order valence-electron chi connectivity index (χ0n) is 16.3. The summed E-state index contributed by atoms with van der Waals surface area (Å²) in [4.78, 5) is 12.2. The van der Waals surface area contributed by atoms with Gasteiger partial charge in [-0.3, -0.25) is 14.8 Å². The van der Waals surface area contributed by atoms with E-state index >= 15 is 0 Å². The van der Waals surface area contributed by atoms with Gasteiger partial charge in [-0.1, -0.05) is 36.4 Å². The highest BCUT2D eigenvalue weighted by atomic mass is 15.3. The molecule has 27 heavy (non-hydrogen) atoms. The van der Waals surface area contributed by atoms with Crippen LogP contribution in [0.3, 0.4) is 0 Å². The monoisotopic (exact) mass is 364 g/mol. The first-order chi connectivity index (χ1) is 13.4. The van der Waals surface area contributed by atoms with Gasteiger partial charge in [-0.15, -0.1) is 0 Å². The standard InChI is InChI=1S/C23H32N4/c1-2-5-22(6-3-1)20-26-15-17-27(18-16-26)23-9-13-25(14-10-23)12-8-21-7-4-11-24-19-21/h1-7,11,19,23H,8-10,12-18,20H2. The summed E-state index contributed by atoms with van der Waals surface area (Å²) in [5.41, 5.74) is 2.79. The Kier molecular flexibility index (Phi) is 6.51. The van der Waals surface area contributed by atoms with Gasteiger partial charge in [-0.05, 0) is 49.5 Å². The van der Waals surface area contributed by atoms with E-state index < -0.39 is 0 Å². The predicted molar refractivity (Wildman–Crippen MR) is 111 cm³/mol. The molecule has 2 aliphatic heterocycles. The molecule has 0 spiro atoms. The molecule has 1 aromatic heterocycles. The molecule has 0 amide bonds. The van der Waals surface area contributed by atoms with Crippen molar-refractivity contribution in [3.05, 3.63) is 66.0 Å². The predicted octanol–water partition coefficient (Wildman–Crippen LogP) is 2.91. The maximum atomic E-state index is 4.22. The van der Waals surface area contributed by atoms with Crippen LogP contribution in [0.15, 0.2) is 54.9 Å². The van der Waals surface area contributed by atoms with Crippen molar-refractivity contribution in [3.63, 3.8) is 0 Å². The molecule has 0 radical (unpaired) electrons. The summed E-state index contributed by atoms with van der Waals surface area (Å²) >= 11 is 0. The fourth-order valence-electron chi connectivity index (χ4n) is 4.47. The molecule has 0 saturated carbocycles. The zero-order valence-corrected chi connectivity index (χ0v) is 16.3. The van der Waals surface area contributed by atoms with Gasteiger partial charge in [0.05, 0.1) is 0 Å². The first-order valence-electron chi connectivity index (χ1n) is 10.5. The average Bonchev–Trinajstić information content (AvgIpc) is 2.75. The Morgan fingerprint density at radius 3 is 2.22 bits per heavy atom. The van der Waals surface area contributed by atoms with Gasteiger partial charge in [0.2, 0.25) is 0 Å². The highest BCUT2D eigenvalue weighted by Gasteiger charge is 2.27. The summed E-state index contributed by atoms with van der Waals surface area (Å²) in [5, 5.41) is 0. The molecule has 2 fully saturated rings. The van der Waals surface area contributed by atoms with Crippen LogP contribution in [-0.4, -0.2) is 71.5 Å². The van der Waals surface area contributed by atoms with E-state index in [1.165, 1.54) is 69.8 Å². The molecule has 0 N–H and O–H groups in total. The molecule has 0 aliphatic carbocycles. The molecule has 2 aliphatic rings. The smallest absolute Gasteiger partial charge is 0.0300 e. The number of nitrogens with zero attached hydrogens (tertiary/aromatic N) is 4. The van der Waals surface area contributed by atoms with E-state index in [2.05, 4.69) is 56.1 Å². The van der Waals surface area contributed by atoms with Crippen molar-refractivity contribution in [1.29, 1.82) is 0 Å². The number of piperazine rings is 1. The lowest BCUT2D eigenvalue weighted by Crippen LogP contribution is -2.53. The molecular weight excluding hydrogens is 332 g/mol. The number of hydrogen-bond acceptors (Lipinski definition) is 4. The van der Waals surface area contributed by atoms with E-state index in [0.717, 1.165) is 19.0 Å². The normalized spacial score (nSPS) is 20.7. The molecule has 144 valence electrons. The van der Waals surface area contributed by atoms with Crippen LogP contribution in [-0.2, 0) is 13.0 Å². The molecule has 0 unspecified atom stereocenters. The maximum absolute atomic E-state index is 4.22. The second-order valence-electron chi connectivity index (χ2n) is 7.98. The highest BCUT2D eigenvalue weighted by molar-refractivity contribution is 5.14. The Balaban J connectivity index is 1.16. The van der Waals surface area contributed by atoms with Crippen LogP contribution >= 0.6 is 0 Å². The third-order valence-corrected chi connectivity index (χ3v) is 6.17. The van der Waals surface area contributed by atoms with Crippen molar-refractivity contribution < 1.29 is 0 Å². The second kappa shape index (κ2) is 9.45. The van der Waals surface area contributed by atoms with Gasteiger partial charge >= 0.3 is 0 Å². The van der Waals surface area contributed by atoms with Crippen molar-refractivity contribution >= 4 is 0 Å². The van der Waals surface area contributed by atoms with E-state index in [9.17, 15) is 0 Å². The molecule has 4 nitrogen and oxygen atoms in total. The van der Waals surface area contributed by atoms with Crippen LogP contribution in [0.5, 0.6) is 0 Å². The van der Waals surface area contributed by atoms with Gasteiger partial charge in [-0.2, -0.15) is 0 Å². The highest BCUT2D eigenvalue weighted by Crippen LogP contribution is 2.19. The van der Waals surface area contributed by atoms with Crippen LogP contribution in [0.25, 0.3) is 0 Å². The minimum absolute atomic E-state index is 0.790. The van der Waals surface area contributed by atoms with Crippen molar-refractivity contribution in [2.24, 2.45) is 0 Å². The number of pyridine rings is 1. The number of piperidine rings is 1. The summed E-state index contributed by atoms with van der Waals surface area (Å²) in [7, 11) is 0. The SMILES string of the molecule is c1ccc(CN2CCN(C3CCN(CCc4cccnc4)CC3)CC2)cc1. The summed E-state index contributed by atoms with van der Waals surface area (Å²) in [6.45, 7) is 9.63. The number of aromatic nitrogens is 1. The topological polar surface area (TPSA) is 22.6 Å². The molecule has 4 rings (SSSR count). The van der Waals surface area contributed by atoms with Gasteiger partial charge in [0.15, 0.2) is 0 Å². The lowest BCUT2D eigenvalue weighted by molar-refractivity contribution is 0.0569. The lowest BCUT2D eigenvalue weighted by Gasteiger charge is -2.42. The Hall–Kier alpha value is -1.75. The quantitative estimate of drug-likeness (QED) is 0.786. The molecule has 4 heteroatoms. The third-order valence-electron chi connectivity index (χ3n) is 6.17. The lowest BCUT2D eigenvalue weighted by atomic mass is 10.0. The molecule has 3 heterocycles. The van der Waals surface area contributed by atoms with Crippen molar-refractivity contribution in [1.82, 2.24) is 19.7 Å². The summed E-state index contributed by atoms with van der Waals surface area (Å²) in [6, 6.07) is 15.9. The average molecular weight is 365 g/mol. The second-order valence-corrected chi connectivity index (χ2v) is 7.98. The molecular formula is C23H32N4. The van der Waals surface area contributed by atoms with Crippen molar-refractivity contribution in [2.75, 3.05) is 45.8 Å². The molecule has 2 saturated heterocycles. The van der Waals surface area contributed by atoms with Crippen LogP contribution in [0.1, 0.15) is 24.0 Å². The van der Waals surface area contributed by atoms with E-state index in [1.807, 2.05) is 18.5 Å². The summed E-state index contributed by atoms with van der Waals surface area (Å²) in [5.74, 6) is 0. The van der Waals surface area contributed by atoms with E-state index in [-0.39, 0.29) is 0 Å². The van der Waals surface area contributed by atoms with Crippen LogP contribution in [0.4, 0.5) is 0 Å². The third kappa shape index (κ3) is 5.38. The fraction of sp³-hybridized carbons (Fsp3) is 0.522. The van der Waals surface area contributed by atoms with Gasteiger partial charge in [0.25, 0.3) is 0 Å². The van der Waals surface area contributed by atoms with E-state index in [1.54, 1.807) is 0 Å². The number of hydrogen-bond donors (Lipinski definition) is 0. The summed E-state index contributed by atoms with van der Waals surface area (Å²) < 4.78 is 0. The Morgan fingerprint density at radius 2 is 1.52 bits per heavy atom. The molecule has 0 atom stereocenters. The Labute approximate surface area is 163 Å². The van der Waals surface area contributed by atoms with E-state index in [4.69, 9.17) is 0 Å². The van der Waals surface area contributed by atoms with Crippen molar-refractivity contribution in [3.8, 4) is 0 Å². The fourth-order valence-corrected chi connectivity index (χ4v) is 4.47. The van der Waals surface area contributed by atoms with Crippen LogP contribution < -0.4 is 0 Å². The zero-order chi connectivity index (χ0) is 18.3. The minimum atomic E-state index is 0.790. The first kappa shape index (κ1) is 18.6. The first-order valence-corrected chi connectivity index (χ1v) is 10.5. The largest absolute Gasteiger partial charge is 0.303 e. The van der Waals surface area contributed by atoms with Gasteiger partial charge in [-0.25, -0.2) is 0 Å².